The number of aryl methyl sites for hydroxylation is 2. The Hall–Kier alpha value is -4.27. The number of fused-ring (bicyclic) bond motifs is 1. The number of anilines is 1. The Morgan fingerprint density at radius 3 is 2.43 bits per heavy atom. The van der Waals surface area contributed by atoms with Crippen molar-refractivity contribution in [2.75, 3.05) is 5.32 Å². The van der Waals surface area contributed by atoms with E-state index >= 15 is 0 Å². The van der Waals surface area contributed by atoms with Crippen LogP contribution in [0.15, 0.2) is 56.8 Å². The van der Waals surface area contributed by atoms with Crippen LogP contribution in [0.25, 0.3) is 16.6 Å². The number of carbonyl (C=O) groups excluding carboxylic acids is 1. The quantitative estimate of drug-likeness (QED) is 0.452. The molecule has 2 aromatic heterocycles. The number of rotatable bonds is 5. The predicted molar refractivity (Wildman–Crippen MR) is 140 cm³/mol. The average molecular weight is 503 g/mol. The highest BCUT2D eigenvalue weighted by Crippen LogP contribution is 2.33. The van der Waals surface area contributed by atoms with E-state index < -0.39 is 17.1 Å². The fourth-order valence-corrected chi connectivity index (χ4v) is 4.89. The van der Waals surface area contributed by atoms with Gasteiger partial charge in [0.05, 0.1) is 16.6 Å². The zero-order valence-corrected chi connectivity index (χ0v) is 21.1. The molecule has 8 nitrogen and oxygen atoms in total. The fraction of sp³-hybridized carbons (Fsp3) is 0.286. The van der Waals surface area contributed by atoms with Gasteiger partial charge in [-0.15, -0.1) is 0 Å². The molecule has 0 bridgehead atoms. The molecule has 4 aromatic rings. The molecule has 0 atom stereocenters. The molecule has 37 heavy (non-hydrogen) atoms. The molecule has 1 fully saturated rings. The number of nitrogens with zero attached hydrogens (tertiary/aromatic N) is 3. The minimum atomic E-state index is -0.552. The smallest absolute Gasteiger partial charge is 0.326 e. The Balaban J connectivity index is 1.90. The van der Waals surface area contributed by atoms with Crippen molar-refractivity contribution < 1.29 is 9.18 Å². The number of hydrogen-bond acceptors (Lipinski definition) is 4. The highest BCUT2D eigenvalue weighted by Gasteiger charge is 2.31. The molecule has 190 valence electrons. The van der Waals surface area contributed by atoms with Gasteiger partial charge in [0.1, 0.15) is 5.82 Å². The van der Waals surface area contributed by atoms with Gasteiger partial charge in [0.25, 0.3) is 11.1 Å². The maximum Gasteiger partial charge on any atom is 0.336 e. The minimum absolute atomic E-state index is 0.00131. The molecule has 1 saturated carbocycles. The Labute approximate surface area is 211 Å². The molecule has 2 heterocycles. The van der Waals surface area contributed by atoms with E-state index in [1.54, 1.807) is 57.3 Å². The van der Waals surface area contributed by atoms with Crippen molar-refractivity contribution in [1.29, 1.82) is 0 Å². The summed E-state index contributed by atoms with van der Waals surface area (Å²) in [6.07, 6.45) is 1.39. The van der Waals surface area contributed by atoms with Crippen molar-refractivity contribution in [1.82, 2.24) is 13.7 Å². The molecule has 1 N–H and O–H groups in total. The van der Waals surface area contributed by atoms with Crippen LogP contribution in [-0.4, -0.2) is 19.6 Å². The van der Waals surface area contributed by atoms with E-state index in [0.717, 1.165) is 5.56 Å². The summed E-state index contributed by atoms with van der Waals surface area (Å²) in [5, 5.41) is 2.91. The summed E-state index contributed by atoms with van der Waals surface area (Å²) in [6.45, 7) is 4.74. The van der Waals surface area contributed by atoms with Crippen LogP contribution in [0.4, 0.5) is 10.1 Å². The molecule has 1 amide bonds. The molecule has 0 saturated heterocycles. The van der Waals surface area contributed by atoms with E-state index in [4.69, 9.17) is 0 Å². The van der Waals surface area contributed by atoms with Gasteiger partial charge in [0, 0.05) is 43.4 Å². The maximum absolute atomic E-state index is 14.9. The molecular weight excluding hydrogens is 475 g/mol. The summed E-state index contributed by atoms with van der Waals surface area (Å²) in [4.78, 5) is 52.7. The molecule has 0 spiro atoms. The van der Waals surface area contributed by atoms with Crippen molar-refractivity contribution in [3.05, 3.63) is 102 Å². The van der Waals surface area contributed by atoms with Crippen LogP contribution in [-0.2, 0) is 18.3 Å². The van der Waals surface area contributed by atoms with Crippen molar-refractivity contribution in [2.45, 2.75) is 46.1 Å². The molecular formula is C28H27FN4O4. The van der Waals surface area contributed by atoms with Crippen LogP contribution in [0.3, 0.4) is 0 Å². The third kappa shape index (κ3) is 4.20. The van der Waals surface area contributed by atoms with E-state index in [0.29, 0.717) is 35.5 Å². The van der Waals surface area contributed by atoms with E-state index in [9.17, 15) is 23.6 Å². The van der Waals surface area contributed by atoms with Gasteiger partial charge < -0.3 is 9.88 Å². The Bertz CT molecular complexity index is 1780. The van der Waals surface area contributed by atoms with Gasteiger partial charge in [0.2, 0.25) is 5.91 Å². The highest BCUT2D eigenvalue weighted by molar-refractivity contribution is 5.89. The van der Waals surface area contributed by atoms with Gasteiger partial charge in [0.15, 0.2) is 0 Å². The Morgan fingerprint density at radius 2 is 1.78 bits per heavy atom. The van der Waals surface area contributed by atoms with Gasteiger partial charge in [-0.1, -0.05) is 18.2 Å². The third-order valence-electron chi connectivity index (χ3n) is 6.87. The summed E-state index contributed by atoms with van der Waals surface area (Å²) >= 11 is 0. The van der Waals surface area contributed by atoms with Crippen LogP contribution < -0.4 is 22.1 Å². The largest absolute Gasteiger partial charge is 0.336 e. The van der Waals surface area contributed by atoms with E-state index in [-0.39, 0.29) is 40.4 Å². The number of carbonyl (C=O) groups is 1. The molecule has 5 rings (SSSR count). The number of benzene rings is 2. The van der Waals surface area contributed by atoms with Crippen LogP contribution >= 0.6 is 0 Å². The molecule has 1 aliphatic rings. The molecule has 0 unspecified atom stereocenters. The molecule has 2 aromatic carbocycles. The van der Waals surface area contributed by atoms with Gasteiger partial charge in [-0.3, -0.25) is 23.5 Å². The van der Waals surface area contributed by atoms with E-state index in [1.807, 2.05) is 0 Å². The summed E-state index contributed by atoms with van der Waals surface area (Å²) < 4.78 is 18.8. The maximum atomic E-state index is 14.9. The standard InChI is InChI=1S/C28H27FN4O4/c1-15-8-9-18(22(29)12-15)13-23-24-25(16(2)26(35)31(23)4)32(28(37)33(27(24)36)20-10-11-20)21-7-5-6-19(14-21)30-17(3)34/h5-9,12,14,20H,10-11,13H2,1-4H3,(H,30,34). The normalized spacial score (nSPS) is 13.2. The lowest BCUT2D eigenvalue weighted by Gasteiger charge is -2.20. The number of hydrogen-bond donors (Lipinski definition) is 1. The topological polar surface area (TPSA) is 95.1 Å². The van der Waals surface area contributed by atoms with Gasteiger partial charge in [-0.2, -0.15) is 0 Å². The van der Waals surface area contributed by atoms with Gasteiger partial charge in [-0.05, 0) is 62.1 Å². The first-order valence-corrected chi connectivity index (χ1v) is 12.1. The first-order valence-electron chi connectivity index (χ1n) is 12.1. The Morgan fingerprint density at radius 1 is 1.05 bits per heavy atom. The SMILES string of the molecule is CC(=O)Nc1cccc(-n2c(=O)n(C3CC3)c(=O)c3c(Cc4ccc(C)cc4F)n(C)c(=O)c(C)c32)c1. The summed E-state index contributed by atoms with van der Waals surface area (Å²) in [5.41, 5.74) is 1.30. The van der Waals surface area contributed by atoms with Gasteiger partial charge >= 0.3 is 5.69 Å². The van der Waals surface area contributed by atoms with Crippen LogP contribution in [0.2, 0.25) is 0 Å². The first kappa shape index (κ1) is 24.4. The Kier molecular flexibility index (Phi) is 5.94. The highest BCUT2D eigenvalue weighted by atomic mass is 19.1. The first-order chi connectivity index (χ1) is 17.6. The second-order valence-electron chi connectivity index (χ2n) is 9.69. The minimum Gasteiger partial charge on any atom is -0.326 e. The number of halogens is 1. The molecule has 0 radical (unpaired) electrons. The van der Waals surface area contributed by atoms with Gasteiger partial charge in [-0.25, -0.2) is 9.18 Å². The van der Waals surface area contributed by atoms with Crippen LogP contribution in [0, 0.1) is 19.7 Å². The zero-order valence-electron chi connectivity index (χ0n) is 21.1. The third-order valence-corrected chi connectivity index (χ3v) is 6.87. The lowest BCUT2D eigenvalue weighted by molar-refractivity contribution is -0.114. The van der Waals surface area contributed by atoms with E-state index in [2.05, 4.69) is 5.32 Å². The van der Waals surface area contributed by atoms with E-state index in [1.165, 1.54) is 26.7 Å². The van der Waals surface area contributed by atoms with Crippen molar-refractivity contribution in [3.8, 4) is 5.69 Å². The second-order valence-corrected chi connectivity index (χ2v) is 9.69. The number of amides is 1. The lowest BCUT2D eigenvalue weighted by Crippen LogP contribution is -2.41. The summed E-state index contributed by atoms with van der Waals surface area (Å²) in [5.74, 6) is -0.704. The number of pyridine rings is 1. The summed E-state index contributed by atoms with van der Waals surface area (Å²) in [7, 11) is 1.56. The zero-order chi connectivity index (χ0) is 26.6. The average Bonchev–Trinajstić information content (AvgIpc) is 3.67. The number of nitrogens with one attached hydrogen (secondary N) is 1. The molecule has 0 aliphatic heterocycles. The van der Waals surface area contributed by atoms with Crippen LogP contribution in [0.1, 0.15) is 48.2 Å². The van der Waals surface area contributed by atoms with Crippen molar-refractivity contribution >= 4 is 22.5 Å². The molecule has 9 heteroatoms. The summed E-state index contributed by atoms with van der Waals surface area (Å²) in [6, 6.07) is 11.3. The van der Waals surface area contributed by atoms with Crippen molar-refractivity contribution in [3.63, 3.8) is 0 Å². The van der Waals surface area contributed by atoms with Crippen molar-refractivity contribution in [2.24, 2.45) is 7.05 Å². The predicted octanol–water partition coefficient (Wildman–Crippen LogP) is 3.49. The fourth-order valence-electron chi connectivity index (χ4n) is 4.89. The number of aromatic nitrogens is 3. The van der Waals surface area contributed by atoms with Crippen LogP contribution in [0.5, 0.6) is 0 Å². The lowest BCUT2D eigenvalue weighted by atomic mass is 10.0. The monoisotopic (exact) mass is 502 g/mol. The molecule has 1 aliphatic carbocycles. The second kappa shape index (κ2) is 8.99.